The number of para-hydroxylation sites is 1. The van der Waals surface area contributed by atoms with Gasteiger partial charge in [-0.25, -0.2) is 8.42 Å². The summed E-state index contributed by atoms with van der Waals surface area (Å²) in [4.78, 5) is 4.61. The highest BCUT2D eigenvalue weighted by atomic mass is 32.2. The molecule has 1 aliphatic heterocycles. The lowest BCUT2D eigenvalue weighted by atomic mass is 10.2. The topological polar surface area (TPSA) is 77.3 Å². The predicted molar refractivity (Wildman–Crippen MR) is 97.1 cm³/mol. The molecule has 4 rings (SSSR count). The fourth-order valence-corrected chi connectivity index (χ4v) is 4.83. The third kappa shape index (κ3) is 3.00. The summed E-state index contributed by atoms with van der Waals surface area (Å²) in [6, 6.07) is 7.20. The summed E-state index contributed by atoms with van der Waals surface area (Å²) in [6.07, 6.45) is 4.93. The summed E-state index contributed by atoms with van der Waals surface area (Å²) >= 11 is 0. The van der Waals surface area contributed by atoms with E-state index < -0.39 is 10.0 Å². The number of rotatable bonds is 3. The van der Waals surface area contributed by atoms with Gasteiger partial charge in [0.15, 0.2) is 0 Å². The van der Waals surface area contributed by atoms with Gasteiger partial charge in [-0.3, -0.25) is 9.67 Å². The van der Waals surface area contributed by atoms with Gasteiger partial charge >= 0.3 is 0 Å². The Hall–Kier alpha value is -2.29. The van der Waals surface area contributed by atoms with Gasteiger partial charge in [-0.2, -0.15) is 9.40 Å². The Balaban J connectivity index is 1.70. The zero-order valence-corrected chi connectivity index (χ0v) is 15.5. The molecule has 1 unspecified atom stereocenters. The molecule has 1 saturated heterocycles. The minimum atomic E-state index is -3.67. The average molecular weight is 372 g/mol. The van der Waals surface area contributed by atoms with Gasteiger partial charge in [0.1, 0.15) is 4.90 Å². The van der Waals surface area contributed by atoms with Crippen LogP contribution in [-0.2, 0) is 21.8 Å². The van der Waals surface area contributed by atoms with E-state index in [1.807, 2.05) is 32.3 Å². The van der Waals surface area contributed by atoms with Crippen LogP contribution in [-0.4, -0.2) is 47.2 Å². The van der Waals surface area contributed by atoms with E-state index in [0.717, 1.165) is 16.5 Å². The van der Waals surface area contributed by atoms with Crippen LogP contribution in [0.15, 0.2) is 47.8 Å². The normalized spacial score (nSPS) is 19.1. The lowest BCUT2D eigenvalue weighted by molar-refractivity contribution is -0.00257. The van der Waals surface area contributed by atoms with E-state index in [9.17, 15) is 8.42 Å². The molecule has 2 aromatic heterocycles. The molecule has 0 spiro atoms. The third-order valence-corrected chi connectivity index (χ3v) is 6.45. The van der Waals surface area contributed by atoms with Crippen LogP contribution in [0.2, 0.25) is 0 Å². The number of hydrogen-bond acceptors (Lipinski definition) is 5. The molecular formula is C18H20N4O3S. The molecule has 0 radical (unpaired) electrons. The van der Waals surface area contributed by atoms with Crippen molar-refractivity contribution in [3.63, 3.8) is 0 Å². The maximum Gasteiger partial charge on any atom is 0.245 e. The Morgan fingerprint density at radius 3 is 2.88 bits per heavy atom. The van der Waals surface area contributed by atoms with E-state index in [2.05, 4.69) is 10.1 Å². The Bertz CT molecular complexity index is 1060. The molecule has 136 valence electrons. The van der Waals surface area contributed by atoms with Crippen LogP contribution in [0.5, 0.6) is 0 Å². The molecule has 3 heterocycles. The van der Waals surface area contributed by atoms with Crippen LogP contribution < -0.4 is 0 Å². The summed E-state index contributed by atoms with van der Waals surface area (Å²) < 4.78 is 35.5. The predicted octanol–water partition coefficient (Wildman–Crippen LogP) is 2.04. The molecule has 26 heavy (non-hydrogen) atoms. The Morgan fingerprint density at radius 1 is 1.27 bits per heavy atom. The highest BCUT2D eigenvalue weighted by Gasteiger charge is 2.33. The SMILES string of the molecule is Cc1cnc2c(S(=O)(=O)N3CCOC(c4cnn(C)c4)C3)cccc2c1. The first-order chi connectivity index (χ1) is 12.4. The van der Waals surface area contributed by atoms with Gasteiger partial charge < -0.3 is 4.74 Å². The maximum atomic E-state index is 13.3. The minimum Gasteiger partial charge on any atom is -0.371 e. The first-order valence-corrected chi connectivity index (χ1v) is 9.85. The second-order valence-corrected chi connectivity index (χ2v) is 8.42. The molecular weight excluding hydrogens is 352 g/mol. The van der Waals surface area contributed by atoms with Gasteiger partial charge in [-0.05, 0) is 24.6 Å². The molecule has 1 aromatic carbocycles. The second-order valence-electron chi connectivity index (χ2n) is 6.51. The van der Waals surface area contributed by atoms with E-state index in [0.29, 0.717) is 18.7 Å². The van der Waals surface area contributed by atoms with Crippen LogP contribution in [0.25, 0.3) is 10.9 Å². The Kier molecular flexibility index (Phi) is 4.26. The van der Waals surface area contributed by atoms with Crippen molar-refractivity contribution in [2.24, 2.45) is 7.05 Å². The van der Waals surface area contributed by atoms with Gasteiger partial charge in [-0.15, -0.1) is 0 Å². The summed E-state index contributed by atoms with van der Waals surface area (Å²) in [5.41, 5.74) is 2.37. The van der Waals surface area contributed by atoms with Gasteiger partial charge in [0.2, 0.25) is 10.0 Å². The molecule has 8 heteroatoms. The van der Waals surface area contributed by atoms with Gasteiger partial charge in [-0.1, -0.05) is 12.1 Å². The first kappa shape index (κ1) is 17.1. The van der Waals surface area contributed by atoms with E-state index in [-0.39, 0.29) is 17.5 Å². The number of sulfonamides is 1. The fraction of sp³-hybridized carbons (Fsp3) is 0.333. The first-order valence-electron chi connectivity index (χ1n) is 8.41. The molecule has 0 bridgehead atoms. The van der Waals surface area contributed by atoms with Crippen LogP contribution >= 0.6 is 0 Å². The molecule has 0 N–H and O–H groups in total. The number of hydrogen-bond donors (Lipinski definition) is 0. The largest absolute Gasteiger partial charge is 0.371 e. The Morgan fingerprint density at radius 2 is 2.12 bits per heavy atom. The number of aromatic nitrogens is 3. The third-order valence-electron chi connectivity index (χ3n) is 4.55. The van der Waals surface area contributed by atoms with Crippen LogP contribution in [0.4, 0.5) is 0 Å². The second kappa shape index (κ2) is 6.46. The summed E-state index contributed by atoms with van der Waals surface area (Å²) in [6.45, 7) is 2.86. The van der Waals surface area contributed by atoms with E-state index >= 15 is 0 Å². The smallest absolute Gasteiger partial charge is 0.245 e. The van der Waals surface area contributed by atoms with Crippen molar-refractivity contribution in [1.82, 2.24) is 19.1 Å². The molecule has 1 aliphatic rings. The number of morpholine rings is 1. The summed E-state index contributed by atoms with van der Waals surface area (Å²) in [7, 11) is -1.85. The number of benzene rings is 1. The van der Waals surface area contributed by atoms with Gasteiger partial charge in [0.05, 0.1) is 24.4 Å². The van der Waals surface area contributed by atoms with Crippen molar-refractivity contribution in [3.8, 4) is 0 Å². The number of ether oxygens (including phenoxy) is 1. The van der Waals surface area contributed by atoms with Crippen LogP contribution in [0.3, 0.4) is 0 Å². The minimum absolute atomic E-state index is 0.238. The van der Waals surface area contributed by atoms with E-state index in [4.69, 9.17) is 4.74 Å². The van der Waals surface area contributed by atoms with Crippen molar-refractivity contribution in [3.05, 3.63) is 54.0 Å². The molecule has 0 saturated carbocycles. The Labute approximate surface area is 152 Å². The molecule has 1 fully saturated rings. The van der Waals surface area contributed by atoms with Crippen molar-refractivity contribution >= 4 is 20.9 Å². The van der Waals surface area contributed by atoms with E-state index in [1.54, 1.807) is 29.2 Å². The van der Waals surface area contributed by atoms with Crippen molar-refractivity contribution in [1.29, 1.82) is 0 Å². The highest BCUT2D eigenvalue weighted by Crippen LogP contribution is 2.29. The van der Waals surface area contributed by atoms with Crippen molar-refractivity contribution in [2.75, 3.05) is 19.7 Å². The lowest BCUT2D eigenvalue weighted by Crippen LogP contribution is -2.42. The molecule has 1 atom stereocenters. The molecule has 0 amide bonds. The lowest BCUT2D eigenvalue weighted by Gasteiger charge is -2.31. The molecule has 7 nitrogen and oxygen atoms in total. The zero-order chi connectivity index (χ0) is 18.3. The highest BCUT2D eigenvalue weighted by molar-refractivity contribution is 7.89. The number of fused-ring (bicyclic) bond motifs is 1. The quantitative estimate of drug-likeness (QED) is 0.703. The van der Waals surface area contributed by atoms with Gasteiger partial charge in [0.25, 0.3) is 0 Å². The van der Waals surface area contributed by atoms with Crippen LogP contribution in [0, 0.1) is 6.92 Å². The van der Waals surface area contributed by atoms with Crippen molar-refractivity contribution in [2.45, 2.75) is 17.9 Å². The molecule has 3 aromatic rings. The maximum absolute atomic E-state index is 13.3. The number of aryl methyl sites for hydroxylation is 2. The summed E-state index contributed by atoms with van der Waals surface area (Å²) in [5.74, 6) is 0. The van der Waals surface area contributed by atoms with Crippen LogP contribution in [0.1, 0.15) is 17.2 Å². The number of pyridine rings is 1. The van der Waals surface area contributed by atoms with E-state index in [1.165, 1.54) is 4.31 Å². The standard InChI is InChI=1S/C18H20N4O3S/c1-13-8-14-4-3-5-17(18(14)19-9-13)26(23,24)22-6-7-25-16(12-22)15-10-20-21(2)11-15/h3-5,8-11,16H,6-7,12H2,1-2H3. The molecule has 0 aliphatic carbocycles. The zero-order valence-electron chi connectivity index (χ0n) is 14.7. The number of nitrogens with zero attached hydrogens (tertiary/aromatic N) is 4. The monoisotopic (exact) mass is 372 g/mol. The fourth-order valence-electron chi connectivity index (χ4n) is 3.24. The van der Waals surface area contributed by atoms with Gasteiger partial charge in [0, 0.05) is 43.5 Å². The average Bonchev–Trinajstić information content (AvgIpc) is 3.07. The summed E-state index contributed by atoms with van der Waals surface area (Å²) in [5, 5.41) is 4.97. The van der Waals surface area contributed by atoms with Crippen molar-refractivity contribution < 1.29 is 13.2 Å².